The van der Waals surface area contributed by atoms with Gasteiger partial charge < -0.3 is 9.47 Å². The molecule has 0 fully saturated rings. The van der Waals surface area contributed by atoms with Gasteiger partial charge in [-0.2, -0.15) is 26.3 Å². The summed E-state index contributed by atoms with van der Waals surface area (Å²) in [6, 6.07) is 9.24. The first-order valence-corrected chi connectivity index (χ1v) is 11.5. The van der Waals surface area contributed by atoms with Gasteiger partial charge in [0.2, 0.25) is 0 Å². The summed E-state index contributed by atoms with van der Waals surface area (Å²) in [5.74, 6) is -6.61. The lowest BCUT2D eigenvalue weighted by molar-refractivity contribution is -0.211. The van der Waals surface area contributed by atoms with E-state index in [1.54, 1.807) is 13.8 Å². The number of ether oxygens (including phenoxy) is 2. The van der Waals surface area contributed by atoms with E-state index in [1.807, 2.05) is 0 Å². The van der Waals surface area contributed by atoms with Gasteiger partial charge >= 0.3 is 24.3 Å². The Labute approximate surface area is 205 Å². The molecule has 2 unspecified atom stereocenters. The average molecular weight is 518 g/mol. The number of benzene rings is 2. The van der Waals surface area contributed by atoms with Gasteiger partial charge in [0.05, 0.1) is 25.0 Å². The van der Waals surface area contributed by atoms with Gasteiger partial charge in [-0.05, 0) is 48.9 Å². The molecule has 198 valence electrons. The summed E-state index contributed by atoms with van der Waals surface area (Å²) < 4.78 is 94.0. The van der Waals surface area contributed by atoms with Crippen molar-refractivity contribution >= 4 is 11.9 Å². The second-order valence-electron chi connectivity index (χ2n) is 8.13. The van der Waals surface area contributed by atoms with Gasteiger partial charge in [0.25, 0.3) is 0 Å². The normalized spacial score (nSPS) is 13.7. The lowest BCUT2D eigenvalue weighted by Crippen LogP contribution is -2.35. The van der Waals surface area contributed by atoms with Crippen molar-refractivity contribution in [3.05, 3.63) is 70.8 Å². The van der Waals surface area contributed by atoms with Gasteiger partial charge in [0.15, 0.2) is 0 Å². The molecular formula is C26H28F6O4. The lowest BCUT2D eigenvalue weighted by atomic mass is 9.79. The molecule has 0 bridgehead atoms. The monoisotopic (exact) mass is 518 g/mol. The third kappa shape index (κ3) is 8.57. The average Bonchev–Trinajstić information content (AvgIpc) is 2.79. The predicted molar refractivity (Wildman–Crippen MR) is 120 cm³/mol. The zero-order valence-electron chi connectivity index (χ0n) is 19.9. The Balaban J connectivity index is 2.31. The standard InChI is InChI=1S/C26H28F6O4/c1-3-35-21(33)15-9-17-5-11-19(12-6-17)23(25(27,28)29)24(26(30,31)32)20-13-7-18(8-14-20)10-16-22(34)36-4-2/h5-8,11-14,23-24H,3-4,9-10,15-16H2,1-2H3. The van der Waals surface area contributed by atoms with Crippen LogP contribution in [-0.4, -0.2) is 37.5 Å². The van der Waals surface area contributed by atoms with E-state index in [1.165, 1.54) is 24.3 Å². The molecule has 0 aromatic heterocycles. The number of alkyl halides is 6. The van der Waals surface area contributed by atoms with Crippen LogP contribution in [0.25, 0.3) is 0 Å². The molecule has 0 radical (unpaired) electrons. The first-order valence-electron chi connectivity index (χ1n) is 11.5. The largest absolute Gasteiger partial charge is 0.466 e. The van der Waals surface area contributed by atoms with E-state index in [2.05, 4.69) is 0 Å². The highest BCUT2D eigenvalue weighted by atomic mass is 19.4. The molecule has 36 heavy (non-hydrogen) atoms. The topological polar surface area (TPSA) is 52.6 Å². The first kappa shape index (κ1) is 29.2. The van der Waals surface area contributed by atoms with Gasteiger partial charge in [0.1, 0.15) is 0 Å². The van der Waals surface area contributed by atoms with Crippen molar-refractivity contribution in [2.75, 3.05) is 13.2 Å². The first-order chi connectivity index (χ1) is 16.9. The van der Waals surface area contributed by atoms with Gasteiger partial charge in [-0.3, -0.25) is 9.59 Å². The fourth-order valence-electron chi connectivity index (χ4n) is 3.88. The van der Waals surface area contributed by atoms with Crippen molar-refractivity contribution in [3.8, 4) is 0 Å². The summed E-state index contributed by atoms with van der Waals surface area (Å²) in [6.07, 6.45) is -9.99. The molecule has 2 aromatic rings. The number of halogens is 6. The van der Waals surface area contributed by atoms with Crippen LogP contribution in [0.15, 0.2) is 48.5 Å². The quantitative estimate of drug-likeness (QED) is 0.246. The SMILES string of the molecule is CCOC(=O)CCc1ccc(C(C(c2ccc(CCC(=O)OCC)cc2)C(F)(F)F)C(F)(F)F)cc1. The third-order valence-corrected chi connectivity index (χ3v) is 5.56. The molecule has 0 saturated carbocycles. The Kier molecular flexibility index (Phi) is 10.4. The molecule has 2 rings (SSSR count). The van der Waals surface area contributed by atoms with Crippen LogP contribution in [0.1, 0.15) is 60.8 Å². The lowest BCUT2D eigenvalue weighted by Gasteiger charge is -2.31. The number of carbonyl (C=O) groups excluding carboxylic acids is 2. The van der Waals surface area contributed by atoms with E-state index in [0.717, 1.165) is 24.3 Å². The van der Waals surface area contributed by atoms with Crippen molar-refractivity contribution in [2.45, 2.75) is 63.7 Å². The second kappa shape index (κ2) is 12.8. The maximum Gasteiger partial charge on any atom is 0.396 e. The minimum absolute atomic E-state index is 0.00355. The number of hydrogen-bond acceptors (Lipinski definition) is 4. The van der Waals surface area contributed by atoms with Crippen molar-refractivity contribution < 1.29 is 45.4 Å². The molecule has 0 saturated heterocycles. The molecule has 0 aliphatic carbocycles. The van der Waals surface area contributed by atoms with Crippen LogP contribution in [0, 0.1) is 0 Å². The minimum atomic E-state index is -5.19. The van der Waals surface area contributed by atoms with E-state index < -0.39 is 47.3 Å². The summed E-state index contributed by atoms with van der Waals surface area (Å²) in [4.78, 5) is 23.0. The maximum atomic E-state index is 14.1. The number of rotatable bonds is 11. The summed E-state index contributed by atoms with van der Waals surface area (Å²) >= 11 is 0. The zero-order chi connectivity index (χ0) is 26.9. The van der Waals surface area contributed by atoms with Crippen LogP contribution in [0.3, 0.4) is 0 Å². The molecule has 0 spiro atoms. The Morgan fingerprint density at radius 2 is 0.944 bits per heavy atom. The van der Waals surface area contributed by atoms with E-state index in [9.17, 15) is 35.9 Å². The highest BCUT2D eigenvalue weighted by Gasteiger charge is 2.56. The molecule has 2 atom stereocenters. The van der Waals surface area contributed by atoms with Crippen molar-refractivity contribution in [1.29, 1.82) is 0 Å². The van der Waals surface area contributed by atoms with Crippen LogP contribution < -0.4 is 0 Å². The number of carbonyl (C=O) groups is 2. The van der Waals surface area contributed by atoms with E-state index >= 15 is 0 Å². The molecule has 0 aliphatic heterocycles. The molecule has 2 aromatic carbocycles. The minimum Gasteiger partial charge on any atom is -0.466 e. The summed E-state index contributed by atoms with van der Waals surface area (Å²) in [7, 11) is 0. The van der Waals surface area contributed by atoms with Crippen LogP contribution in [0.4, 0.5) is 26.3 Å². The summed E-state index contributed by atoms with van der Waals surface area (Å²) in [5.41, 5.74) is -0.0586. The number of aryl methyl sites for hydroxylation is 2. The molecule has 10 heteroatoms. The van der Waals surface area contributed by atoms with Crippen LogP contribution in [0.5, 0.6) is 0 Å². The Hall–Kier alpha value is -3.04. The highest BCUT2D eigenvalue weighted by Crippen LogP contribution is 2.52. The fourth-order valence-corrected chi connectivity index (χ4v) is 3.88. The van der Waals surface area contributed by atoms with Crippen molar-refractivity contribution in [2.24, 2.45) is 0 Å². The van der Waals surface area contributed by atoms with Crippen molar-refractivity contribution in [3.63, 3.8) is 0 Å². The number of esters is 2. The number of hydrogen-bond donors (Lipinski definition) is 0. The summed E-state index contributed by atoms with van der Waals surface area (Å²) in [5, 5.41) is 0. The second-order valence-corrected chi connectivity index (χ2v) is 8.13. The summed E-state index contributed by atoms with van der Waals surface area (Å²) in [6.45, 7) is 3.66. The van der Waals surface area contributed by atoms with E-state index in [4.69, 9.17) is 9.47 Å². The molecule has 0 N–H and O–H groups in total. The van der Waals surface area contributed by atoms with Gasteiger partial charge in [-0.15, -0.1) is 0 Å². The molecular weight excluding hydrogens is 490 g/mol. The van der Waals surface area contributed by atoms with E-state index in [-0.39, 0.29) is 38.9 Å². The molecule has 0 amide bonds. The Bertz CT molecular complexity index is 900. The third-order valence-electron chi connectivity index (χ3n) is 5.56. The van der Waals surface area contributed by atoms with Crippen LogP contribution >= 0.6 is 0 Å². The molecule has 4 nitrogen and oxygen atoms in total. The predicted octanol–water partition coefficient (Wildman–Crippen LogP) is 6.67. The molecule has 0 heterocycles. The molecule has 0 aliphatic rings. The van der Waals surface area contributed by atoms with Crippen LogP contribution in [-0.2, 0) is 31.9 Å². The smallest absolute Gasteiger partial charge is 0.396 e. The van der Waals surface area contributed by atoms with Gasteiger partial charge in [-0.1, -0.05) is 48.5 Å². The fraction of sp³-hybridized carbons (Fsp3) is 0.462. The highest BCUT2D eigenvalue weighted by molar-refractivity contribution is 5.70. The van der Waals surface area contributed by atoms with Gasteiger partial charge in [0, 0.05) is 12.8 Å². The Morgan fingerprint density at radius 1 is 0.639 bits per heavy atom. The zero-order valence-corrected chi connectivity index (χ0v) is 19.9. The van der Waals surface area contributed by atoms with Crippen molar-refractivity contribution in [1.82, 2.24) is 0 Å². The van der Waals surface area contributed by atoms with Gasteiger partial charge in [-0.25, -0.2) is 0 Å². The van der Waals surface area contributed by atoms with E-state index in [0.29, 0.717) is 11.1 Å². The Morgan fingerprint density at radius 3 is 1.19 bits per heavy atom. The maximum absolute atomic E-state index is 14.1. The van der Waals surface area contributed by atoms with Crippen LogP contribution in [0.2, 0.25) is 0 Å².